The van der Waals surface area contributed by atoms with Gasteiger partial charge < -0.3 is 10.6 Å². The summed E-state index contributed by atoms with van der Waals surface area (Å²) in [5.74, 6) is -5.40. The molecule has 0 radical (unpaired) electrons. The van der Waals surface area contributed by atoms with Crippen LogP contribution >= 0.6 is 0 Å². The summed E-state index contributed by atoms with van der Waals surface area (Å²) in [4.78, 5) is 4.01. The zero-order valence-electron chi connectivity index (χ0n) is 11.2. The van der Waals surface area contributed by atoms with Crippen molar-refractivity contribution >= 4 is 17.2 Å². The molecule has 0 aliphatic rings. The molecule has 0 amide bonds. The van der Waals surface area contributed by atoms with E-state index in [1.54, 1.807) is 0 Å². The largest absolute Gasteiger partial charge is 0.370 e. The molecule has 0 spiro atoms. The molecule has 0 aliphatic heterocycles. The number of nitrogens with zero attached hydrogens (tertiary/aromatic N) is 1. The van der Waals surface area contributed by atoms with E-state index in [0.29, 0.717) is 12.4 Å². The van der Waals surface area contributed by atoms with Crippen LogP contribution in [0.1, 0.15) is 13.3 Å². The molecule has 1 heterocycles. The number of aromatic nitrogens is 1. The zero-order chi connectivity index (χ0) is 15.4. The van der Waals surface area contributed by atoms with Crippen molar-refractivity contribution in [1.82, 2.24) is 4.98 Å². The van der Waals surface area contributed by atoms with Crippen molar-refractivity contribution in [3.8, 4) is 0 Å². The van der Waals surface area contributed by atoms with Crippen LogP contribution in [0.4, 0.5) is 34.8 Å². The highest BCUT2D eigenvalue weighted by Crippen LogP contribution is 2.27. The normalized spacial score (nSPS) is 10.5. The molecule has 0 aliphatic carbocycles. The van der Waals surface area contributed by atoms with Crippen LogP contribution in [-0.2, 0) is 0 Å². The van der Waals surface area contributed by atoms with Crippen molar-refractivity contribution in [1.29, 1.82) is 0 Å². The van der Waals surface area contributed by atoms with E-state index in [4.69, 9.17) is 0 Å². The Bertz CT molecular complexity index is 620. The third kappa shape index (κ3) is 3.42. The smallest absolute Gasteiger partial charge is 0.185 e. The second-order valence-electron chi connectivity index (χ2n) is 4.32. The first kappa shape index (κ1) is 15.1. The van der Waals surface area contributed by atoms with Crippen molar-refractivity contribution < 1.29 is 17.6 Å². The number of hydrogen-bond acceptors (Lipinski definition) is 3. The molecule has 0 saturated carbocycles. The van der Waals surface area contributed by atoms with Gasteiger partial charge in [0.05, 0.1) is 0 Å². The number of benzene rings is 1. The molecule has 1 aromatic carbocycles. The van der Waals surface area contributed by atoms with Crippen LogP contribution in [0, 0.1) is 23.3 Å². The van der Waals surface area contributed by atoms with Crippen LogP contribution < -0.4 is 10.6 Å². The summed E-state index contributed by atoms with van der Waals surface area (Å²) in [5, 5.41) is 5.31. The fraction of sp³-hybridized carbons (Fsp3) is 0.214. The predicted molar refractivity (Wildman–Crippen MR) is 72.6 cm³/mol. The van der Waals surface area contributed by atoms with E-state index < -0.39 is 29.0 Å². The highest BCUT2D eigenvalue weighted by Gasteiger charge is 2.19. The van der Waals surface area contributed by atoms with E-state index in [1.807, 2.05) is 6.92 Å². The monoisotopic (exact) mass is 299 g/mol. The van der Waals surface area contributed by atoms with Crippen molar-refractivity contribution in [2.75, 3.05) is 17.2 Å². The Hall–Kier alpha value is -2.31. The standard InChI is InChI=1S/C14H13F4N3/c1-2-4-19-11-6-8(3-5-20-11)21-14-12(17)9(15)7-10(16)13(14)18/h3,5-7H,2,4H2,1H3,(H2,19,20,21). The summed E-state index contributed by atoms with van der Waals surface area (Å²) in [5.41, 5.74) is -0.619. The van der Waals surface area contributed by atoms with Gasteiger partial charge >= 0.3 is 0 Å². The summed E-state index contributed by atoms with van der Waals surface area (Å²) in [7, 11) is 0. The fourth-order valence-corrected chi connectivity index (χ4v) is 1.69. The SMILES string of the molecule is CCCNc1cc(Nc2c(F)c(F)cc(F)c2F)ccn1. The molecule has 3 nitrogen and oxygen atoms in total. The Balaban J connectivity index is 2.30. The van der Waals surface area contributed by atoms with Crippen molar-refractivity contribution in [3.63, 3.8) is 0 Å². The first-order valence-electron chi connectivity index (χ1n) is 6.33. The number of rotatable bonds is 5. The van der Waals surface area contributed by atoms with Gasteiger partial charge in [0.25, 0.3) is 0 Å². The van der Waals surface area contributed by atoms with Gasteiger partial charge in [-0.15, -0.1) is 0 Å². The highest BCUT2D eigenvalue weighted by atomic mass is 19.2. The van der Waals surface area contributed by atoms with Crippen LogP contribution in [-0.4, -0.2) is 11.5 Å². The van der Waals surface area contributed by atoms with Gasteiger partial charge in [-0.2, -0.15) is 0 Å². The Morgan fingerprint density at radius 2 is 1.71 bits per heavy atom. The third-order valence-electron chi connectivity index (χ3n) is 2.70. The van der Waals surface area contributed by atoms with Gasteiger partial charge in [-0.25, -0.2) is 22.5 Å². The molecule has 0 fully saturated rings. The first-order valence-corrected chi connectivity index (χ1v) is 6.33. The van der Waals surface area contributed by atoms with Crippen molar-refractivity contribution in [2.45, 2.75) is 13.3 Å². The second kappa shape index (κ2) is 6.43. The molecule has 2 aromatic rings. The third-order valence-corrected chi connectivity index (χ3v) is 2.70. The van der Waals surface area contributed by atoms with Gasteiger partial charge in [0.15, 0.2) is 23.3 Å². The maximum absolute atomic E-state index is 13.6. The number of halogens is 4. The molecule has 112 valence electrons. The van der Waals surface area contributed by atoms with Crippen LogP contribution in [0.25, 0.3) is 0 Å². The van der Waals surface area contributed by atoms with E-state index >= 15 is 0 Å². The summed E-state index contributed by atoms with van der Waals surface area (Å²) in [6.07, 6.45) is 2.28. The van der Waals surface area contributed by atoms with Gasteiger partial charge in [0.1, 0.15) is 11.5 Å². The minimum absolute atomic E-state index is 0.163. The maximum atomic E-state index is 13.6. The van der Waals surface area contributed by atoms with Crippen LogP contribution in [0.3, 0.4) is 0 Å². The van der Waals surface area contributed by atoms with Gasteiger partial charge in [0, 0.05) is 30.6 Å². The average molecular weight is 299 g/mol. The highest BCUT2D eigenvalue weighted by molar-refractivity contribution is 5.63. The quantitative estimate of drug-likeness (QED) is 0.641. The van der Waals surface area contributed by atoms with Gasteiger partial charge in [0.2, 0.25) is 0 Å². The van der Waals surface area contributed by atoms with Crippen LogP contribution in [0.5, 0.6) is 0 Å². The fourth-order valence-electron chi connectivity index (χ4n) is 1.69. The van der Waals surface area contributed by atoms with E-state index in [2.05, 4.69) is 15.6 Å². The lowest BCUT2D eigenvalue weighted by Gasteiger charge is -2.11. The lowest BCUT2D eigenvalue weighted by molar-refractivity contribution is 0.459. The summed E-state index contributed by atoms with van der Waals surface area (Å²) >= 11 is 0. The van der Waals surface area contributed by atoms with Crippen molar-refractivity contribution in [3.05, 3.63) is 47.7 Å². The van der Waals surface area contributed by atoms with E-state index in [1.165, 1.54) is 18.3 Å². The van der Waals surface area contributed by atoms with E-state index in [0.717, 1.165) is 6.42 Å². The Labute approximate surface area is 119 Å². The molecular formula is C14H13F4N3. The average Bonchev–Trinajstić information content (AvgIpc) is 2.48. The molecule has 1 aromatic heterocycles. The summed E-state index contributed by atoms with van der Waals surface area (Å²) < 4.78 is 53.4. The molecule has 2 N–H and O–H groups in total. The van der Waals surface area contributed by atoms with E-state index in [-0.39, 0.29) is 11.8 Å². The minimum Gasteiger partial charge on any atom is -0.370 e. The molecule has 7 heteroatoms. The van der Waals surface area contributed by atoms with Gasteiger partial charge in [-0.3, -0.25) is 0 Å². The van der Waals surface area contributed by atoms with Gasteiger partial charge in [-0.05, 0) is 12.5 Å². The number of hydrogen-bond donors (Lipinski definition) is 2. The second-order valence-corrected chi connectivity index (χ2v) is 4.32. The van der Waals surface area contributed by atoms with Crippen molar-refractivity contribution in [2.24, 2.45) is 0 Å². The molecule has 2 rings (SSSR count). The minimum atomic E-state index is -1.48. The number of anilines is 3. The van der Waals surface area contributed by atoms with Crippen LogP contribution in [0.2, 0.25) is 0 Å². The molecule has 0 bridgehead atoms. The van der Waals surface area contributed by atoms with Crippen LogP contribution in [0.15, 0.2) is 24.4 Å². The first-order chi connectivity index (χ1) is 10.0. The molecule has 21 heavy (non-hydrogen) atoms. The Morgan fingerprint density at radius 3 is 2.33 bits per heavy atom. The number of pyridine rings is 1. The number of nitrogens with one attached hydrogen (secondary N) is 2. The summed E-state index contributed by atoms with van der Waals surface area (Å²) in [6, 6.07) is 3.08. The molecule has 0 atom stereocenters. The topological polar surface area (TPSA) is 37.0 Å². The maximum Gasteiger partial charge on any atom is 0.185 e. The lowest BCUT2D eigenvalue weighted by Crippen LogP contribution is -2.05. The molecule has 0 saturated heterocycles. The zero-order valence-corrected chi connectivity index (χ0v) is 11.2. The molecule has 0 unspecified atom stereocenters. The lowest BCUT2D eigenvalue weighted by atomic mass is 10.2. The Kier molecular flexibility index (Phi) is 4.62. The summed E-state index contributed by atoms with van der Waals surface area (Å²) in [6.45, 7) is 2.64. The van der Waals surface area contributed by atoms with E-state index in [9.17, 15) is 17.6 Å². The van der Waals surface area contributed by atoms with Gasteiger partial charge in [-0.1, -0.05) is 6.92 Å². The Morgan fingerprint density at radius 1 is 1.05 bits per heavy atom. The predicted octanol–water partition coefficient (Wildman–Crippen LogP) is 4.20. The molecular weight excluding hydrogens is 286 g/mol.